The van der Waals surface area contributed by atoms with E-state index in [1.807, 2.05) is 0 Å². The molecule has 0 aromatic heterocycles. The molecule has 10 heteroatoms. The Labute approximate surface area is 148 Å². The number of carbonyl (C=O) groups is 3. The third kappa shape index (κ3) is 3.68. The van der Waals surface area contributed by atoms with E-state index in [-0.39, 0.29) is 30.1 Å². The van der Waals surface area contributed by atoms with Crippen molar-refractivity contribution >= 4 is 29.1 Å². The molecule has 1 heterocycles. The second-order valence-electron chi connectivity index (χ2n) is 5.35. The van der Waals surface area contributed by atoms with Gasteiger partial charge in [0.25, 0.3) is 5.69 Å². The van der Waals surface area contributed by atoms with Crippen LogP contribution in [-0.4, -0.2) is 53.1 Å². The minimum Gasteiger partial charge on any atom is -0.497 e. The summed E-state index contributed by atoms with van der Waals surface area (Å²) in [7, 11) is 1.36. The van der Waals surface area contributed by atoms with Crippen molar-refractivity contribution in [3.8, 4) is 5.75 Å². The highest BCUT2D eigenvalue weighted by Crippen LogP contribution is 2.27. The monoisotopic (exact) mass is 363 g/mol. The van der Waals surface area contributed by atoms with Gasteiger partial charge in [-0.15, -0.1) is 0 Å². The van der Waals surface area contributed by atoms with Gasteiger partial charge in [0, 0.05) is 19.4 Å². The van der Waals surface area contributed by atoms with Gasteiger partial charge in [-0.2, -0.15) is 5.10 Å². The van der Waals surface area contributed by atoms with Crippen LogP contribution in [0.5, 0.6) is 5.75 Å². The zero-order valence-electron chi connectivity index (χ0n) is 14.4. The van der Waals surface area contributed by atoms with Crippen LogP contribution in [0, 0.1) is 10.1 Å². The molecule has 10 nitrogen and oxygen atoms in total. The summed E-state index contributed by atoms with van der Waals surface area (Å²) in [6.07, 6.45) is -0.189. The van der Waals surface area contributed by atoms with Gasteiger partial charge in [-0.25, -0.2) is 9.80 Å². The van der Waals surface area contributed by atoms with Crippen LogP contribution in [0.25, 0.3) is 0 Å². The van der Waals surface area contributed by atoms with Crippen molar-refractivity contribution in [3.63, 3.8) is 0 Å². The lowest BCUT2D eigenvalue weighted by molar-refractivity contribution is -0.385. The smallest absolute Gasteiger partial charge is 0.331 e. The molecule has 0 fully saturated rings. The van der Waals surface area contributed by atoms with Gasteiger partial charge in [-0.05, 0) is 19.1 Å². The molecule has 1 aromatic carbocycles. The topological polar surface area (TPSA) is 128 Å². The molecule has 0 N–H and O–H groups in total. The molecule has 0 saturated heterocycles. The summed E-state index contributed by atoms with van der Waals surface area (Å²) >= 11 is 0. The molecule has 0 radical (unpaired) electrons. The Hall–Kier alpha value is -3.30. The van der Waals surface area contributed by atoms with Crippen LogP contribution in [0.4, 0.5) is 5.69 Å². The molecule has 1 aliphatic rings. The number of nitro groups is 1. The number of hydrogen-bond donors (Lipinski definition) is 0. The molecule has 0 aliphatic carbocycles. The molecule has 0 saturated carbocycles. The predicted octanol–water partition coefficient (Wildman–Crippen LogP) is 1.33. The second-order valence-corrected chi connectivity index (χ2v) is 5.35. The Morgan fingerprint density at radius 1 is 1.38 bits per heavy atom. The van der Waals surface area contributed by atoms with Gasteiger partial charge in [0.1, 0.15) is 17.0 Å². The van der Waals surface area contributed by atoms with E-state index in [0.29, 0.717) is 0 Å². The van der Waals surface area contributed by atoms with Gasteiger partial charge in [0.15, 0.2) is 6.04 Å². The summed E-state index contributed by atoms with van der Waals surface area (Å²) in [6.45, 7) is 2.90. The molecule has 1 aliphatic heterocycles. The highest BCUT2D eigenvalue weighted by Gasteiger charge is 2.39. The summed E-state index contributed by atoms with van der Waals surface area (Å²) in [5, 5.41) is 16.0. The summed E-state index contributed by atoms with van der Waals surface area (Å²) in [5.41, 5.74) is -0.803. The minimum absolute atomic E-state index is 0.103. The largest absolute Gasteiger partial charge is 0.497 e. The number of nitro benzene ring substituents is 1. The SMILES string of the molecule is CCOC(=O)C1CC(C(=O)c2cc(OC)ccc2[N+](=O)[O-])=NN1C(C)=O. The van der Waals surface area contributed by atoms with Crippen LogP contribution in [0.3, 0.4) is 0 Å². The number of hydrazone groups is 1. The van der Waals surface area contributed by atoms with Crippen molar-refractivity contribution < 1.29 is 28.8 Å². The molecule has 1 aromatic rings. The molecule has 0 spiro atoms. The Kier molecular flexibility index (Phi) is 5.65. The molecular formula is C16H17N3O7. The number of carbonyl (C=O) groups excluding carboxylic acids is 3. The highest BCUT2D eigenvalue weighted by molar-refractivity contribution is 6.47. The summed E-state index contributed by atoms with van der Waals surface area (Å²) < 4.78 is 9.89. The number of Topliss-reactive ketones (excluding diaryl/α,β-unsaturated/α-hetero) is 1. The van der Waals surface area contributed by atoms with Crippen molar-refractivity contribution in [1.82, 2.24) is 5.01 Å². The van der Waals surface area contributed by atoms with E-state index in [0.717, 1.165) is 11.1 Å². The zero-order valence-corrected chi connectivity index (χ0v) is 14.4. The zero-order chi connectivity index (χ0) is 19.4. The Morgan fingerprint density at radius 2 is 2.08 bits per heavy atom. The number of nitrogens with zero attached hydrogens (tertiary/aromatic N) is 3. The summed E-state index contributed by atoms with van der Waals surface area (Å²) in [6, 6.07) is 2.65. The number of ether oxygens (including phenoxy) is 2. The molecule has 138 valence electrons. The first-order valence-electron chi connectivity index (χ1n) is 7.71. The van der Waals surface area contributed by atoms with E-state index < -0.39 is 34.3 Å². The van der Waals surface area contributed by atoms with Crippen LogP contribution < -0.4 is 4.74 Å². The molecular weight excluding hydrogens is 346 g/mol. The van der Waals surface area contributed by atoms with Gasteiger partial charge in [-0.1, -0.05) is 0 Å². The maximum atomic E-state index is 12.8. The number of methoxy groups -OCH3 is 1. The summed E-state index contributed by atoms with van der Waals surface area (Å²) in [5.74, 6) is -1.75. The molecule has 1 amide bonds. The fourth-order valence-electron chi connectivity index (χ4n) is 2.50. The first kappa shape index (κ1) is 19.0. The predicted molar refractivity (Wildman–Crippen MR) is 89.0 cm³/mol. The standard InChI is InChI=1S/C16H17N3O7/c1-4-26-16(22)14-8-12(17-18(14)9(2)20)15(21)11-7-10(25-3)5-6-13(11)19(23)24/h5-7,14H,4,8H2,1-3H3. The van der Waals surface area contributed by atoms with E-state index in [9.17, 15) is 24.5 Å². The highest BCUT2D eigenvalue weighted by atomic mass is 16.6. The van der Waals surface area contributed by atoms with Crippen LogP contribution in [-0.2, 0) is 14.3 Å². The number of ketones is 1. The van der Waals surface area contributed by atoms with E-state index >= 15 is 0 Å². The fraction of sp³-hybridized carbons (Fsp3) is 0.375. The van der Waals surface area contributed by atoms with Gasteiger partial charge in [0.05, 0.1) is 18.6 Å². The molecule has 26 heavy (non-hydrogen) atoms. The first-order chi connectivity index (χ1) is 12.3. The van der Waals surface area contributed by atoms with Crippen molar-refractivity contribution in [2.75, 3.05) is 13.7 Å². The van der Waals surface area contributed by atoms with Crippen molar-refractivity contribution in [2.45, 2.75) is 26.3 Å². The maximum absolute atomic E-state index is 12.8. The first-order valence-corrected chi connectivity index (χ1v) is 7.71. The molecule has 2 rings (SSSR count). The van der Waals surface area contributed by atoms with Gasteiger partial charge in [0.2, 0.25) is 11.7 Å². The van der Waals surface area contributed by atoms with E-state index in [4.69, 9.17) is 9.47 Å². The maximum Gasteiger partial charge on any atom is 0.331 e. The van der Waals surface area contributed by atoms with Crippen LogP contribution >= 0.6 is 0 Å². The lowest BCUT2D eigenvalue weighted by Crippen LogP contribution is -2.38. The average molecular weight is 363 g/mol. The summed E-state index contributed by atoms with van der Waals surface area (Å²) in [4.78, 5) is 47.0. The van der Waals surface area contributed by atoms with Crippen LogP contribution in [0.15, 0.2) is 23.3 Å². The Bertz CT molecular complexity index is 803. The quantitative estimate of drug-likeness (QED) is 0.323. The van der Waals surface area contributed by atoms with Crippen molar-refractivity contribution in [1.29, 1.82) is 0 Å². The fourth-order valence-corrected chi connectivity index (χ4v) is 2.50. The van der Waals surface area contributed by atoms with Crippen molar-refractivity contribution in [2.24, 2.45) is 5.10 Å². The third-order valence-corrected chi connectivity index (χ3v) is 3.70. The third-order valence-electron chi connectivity index (χ3n) is 3.70. The normalized spacial score (nSPS) is 16.0. The number of benzene rings is 1. The Morgan fingerprint density at radius 3 is 2.62 bits per heavy atom. The van der Waals surface area contributed by atoms with Gasteiger partial charge in [-0.3, -0.25) is 19.7 Å². The van der Waals surface area contributed by atoms with Crippen LogP contribution in [0.1, 0.15) is 30.6 Å². The number of amides is 1. The van der Waals surface area contributed by atoms with Gasteiger partial charge >= 0.3 is 5.97 Å². The molecule has 1 unspecified atom stereocenters. The Balaban J connectivity index is 2.41. The van der Waals surface area contributed by atoms with E-state index in [2.05, 4.69) is 5.10 Å². The van der Waals surface area contributed by atoms with E-state index in [1.54, 1.807) is 6.92 Å². The molecule has 0 bridgehead atoms. The average Bonchev–Trinajstić information content (AvgIpc) is 3.06. The lowest BCUT2D eigenvalue weighted by Gasteiger charge is -2.17. The van der Waals surface area contributed by atoms with Crippen molar-refractivity contribution in [3.05, 3.63) is 33.9 Å². The lowest BCUT2D eigenvalue weighted by atomic mass is 10.0. The number of hydrogen-bond acceptors (Lipinski definition) is 8. The minimum atomic E-state index is -1.07. The number of rotatable bonds is 6. The van der Waals surface area contributed by atoms with Crippen LogP contribution in [0.2, 0.25) is 0 Å². The number of esters is 1. The molecule has 1 atom stereocenters. The second kappa shape index (κ2) is 7.72. The van der Waals surface area contributed by atoms with Gasteiger partial charge < -0.3 is 9.47 Å². The van der Waals surface area contributed by atoms with E-state index in [1.165, 1.54) is 26.2 Å².